The predicted octanol–water partition coefficient (Wildman–Crippen LogP) is 1.45. The molecule has 1 aromatic carbocycles. The second-order valence-corrected chi connectivity index (χ2v) is 4.55. The van der Waals surface area contributed by atoms with E-state index in [1.54, 1.807) is 6.92 Å². The summed E-state index contributed by atoms with van der Waals surface area (Å²) in [5.41, 5.74) is 0.913. The van der Waals surface area contributed by atoms with Crippen molar-refractivity contribution < 1.29 is 14.6 Å². The fraction of sp³-hybridized carbons (Fsp3) is 0.571. The summed E-state index contributed by atoms with van der Waals surface area (Å²) in [5.74, 6) is 0.854. The average molecular weight is 251 g/mol. The third kappa shape index (κ3) is 3.98. The van der Waals surface area contributed by atoms with Gasteiger partial charge in [0.25, 0.3) is 0 Å². The van der Waals surface area contributed by atoms with E-state index in [0.29, 0.717) is 6.61 Å². The molecule has 4 nitrogen and oxygen atoms in total. The smallest absolute Gasteiger partial charge is 0.119 e. The SMILES string of the molecule is C[C@@H](O)c1ccc(OCCN2CCOCC2)cc1. The first-order valence-corrected chi connectivity index (χ1v) is 6.46. The molecule has 0 aliphatic carbocycles. The zero-order valence-corrected chi connectivity index (χ0v) is 10.8. The van der Waals surface area contributed by atoms with Crippen molar-refractivity contribution in [2.24, 2.45) is 0 Å². The van der Waals surface area contributed by atoms with Gasteiger partial charge < -0.3 is 14.6 Å². The first-order chi connectivity index (χ1) is 8.75. The molecule has 0 radical (unpaired) electrons. The van der Waals surface area contributed by atoms with Crippen LogP contribution in [-0.4, -0.2) is 49.5 Å². The second-order valence-electron chi connectivity index (χ2n) is 4.55. The third-order valence-corrected chi connectivity index (χ3v) is 3.14. The van der Waals surface area contributed by atoms with E-state index in [-0.39, 0.29) is 0 Å². The number of morpholine rings is 1. The number of aliphatic hydroxyl groups is 1. The highest BCUT2D eigenvalue weighted by Crippen LogP contribution is 2.17. The van der Waals surface area contributed by atoms with E-state index in [1.165, 1.54) is 0 Å². The molecule has 0 spiro atoms. The minimum atomic E-state index is -0.424. The Labute approximate surface area is 108 Å². The van der Waals surface area contributed by atoms with Crippen LogP contribution >= 0.6 is 0 Å². The summed E-state index contributed by atoms with van der Waals surface area (Å²) in [7, 11) is 0. The summed E-state index contributed by atoms with van der Waals surface area (Å²) in [6.45, 7) is 7.00. The topological polar surface area (TPSA) is 41.9 Å². The molecule has 18 heavy (non-hydrogen) atoms. The molecule has 0 bridgehead atoms. The average Bonchev–Trinajstić information content (AvgIpc) is 2.40. The van der Waals surface area contributed by atoms with Crippen molar-refractivity contribution >= 4 is 0 Å². The lowest BCUT2D eigenvalue weighted by atomic mass is 10.1. The number of hydrogen-bond acceptors (Lipinski definition) is 4. The number of rotatable bonds is 5. The van der Waals surface area contributed by atoms with Crippen molar-refractivity contribution in [3.8, 4) is 5.75 Å². The first-order valence-electron chi connectivity index (χ1n) is 6.46. The Balaban J connectivity index is 1.72. The molecule has 0 saturated carbocycles. The maximum Gasteiger partial charge on any atom is 0.119 e. The van der Waals surface area contributed by atoms with Gasteiger partial charge in [0.1, 0.15) is 12.4 Å². The van der Waals surface area contributed by atoms with Crippen LogP contribution in [0, 0.1) is 0 Å². The first kappa shape index (κ1) is 13.3. The van der Waals surface area contributed by atoms with Gasteiger partial charge in [0.05, 0.1) is 19.3 Å². The quantitative estimate of drug-likeness (QED) is 0.860. The standard InChI is InChI=1S/C14H21NO3/c1-12(16)13-2-4-14(5-3-13)18-11-8-15-6-9-17-10-7-15/h2-5,12,16H,6-11H2,1H3/t12-/m1/s1. The molecule has 1 aromatic rings. The maximum atomic E-state index is 9.40. The van der Waals surface area contributed by atoms with Crippen LogP contribution in [0.25, 0.3) is 0 Å². The molecule has 1 N–H and O–H groups in total. The van der Waals surface area contributed by atoms with E-state index in [2.05, 4.69) is 4.90 Å². The van der Waals surface area contributed by atoms with Crippen LogP contribution in [0.2, 0.25) is 0 Å². The van der Waals surface area contributed by atoms with E-state index in [9.17, 15) is 5.11 Å². The highest BCUT2D eigenvalue weighted by atomic mass is 16.5. The lowest BCUT2D eigenvalue weighted by molar-refractivity contribution is 0.0322. The molecule has 1 heterocycles. The van der Waals surface area contributed by atoms with Crippen LogP contribution in [-0.2, 0) is 4.74 Å². The van der Waals surface area contributed by atoms with Crippen molar-refractivity contribution in [1.82, 2.24) is 4.90 Å². The minimum absolute atomic E-state index is 0.424. The maximum absolute atomic E-state index is 9.40. The third-order valence-electron chi connectivity index (χ3n) is 3.14. The van der Waals surface area contributed by atoms with Gasteiger partial charge in [-0.3, -0.25) is 4.90 Å². The van der Waals surface area contributed by atoms with E-state index in [0.717, 1.165) is 44.2 Å². The van der Waals surface area contributed by atoms with Gasteiger partial charge >= 0.3 is 0 Å². The molecule has 0 amide bonds. The fourth-order valence-electron chi connectivity index (χ4n) is 1.96. The molecule has 4 heteroatoms. The van der Waals surface area contributed by atoms with Gasteiger partial charge in [0, 0.05) is 19.6 Å². The largest absolute Gasteiger partial charge is 0.492 e. The van der Waals surface area contributed by atoms with E-state index < -0.39 is 6.10 Å². The van der Waals surface area contributed by atoms with Gasteiger partial charge in [-0.25, -0.2) is 0 Å². The zero-order chi connectivity index (χ0) is 12.8. The Hall–Kier alpha value is -1.10. The van der Waals surface area contributed by atoms with Crippen LogP contribution in [0.5, 0.6) is 5.75 Å². The molecule has 1 aliphatic heterocycles. The van der Waals surface area contributed by atoms with Crippen molar-refractivity contribution in [2.75, 3.05) is 39.5 Å². The molecule has 1 atom stereocenters. The van der Waals surface area contributed by atoms with Crippen LogP contribution in [0.1, 0.15) is 18.6 Å². The van der Waals surface area contributed by atoms with E-state index in [1.807, 2.05) is 24.3 Å². The molecule has 0 unspecified atom stereocenters. The summed E-state index contributed by atoms with van der Waals surface area (Å²) in [4.78, 5) is 2.34. The van der Waals surface area contributed by atoms with Crippen molar-refractivity contribution in [2.45, 2.75) is 13.0 Å². The molecule has 1 fully saturated rings. The Bertz CT molecular complexity index is 345. The molecular formula is C14H21NO3. The molecular weight excluding hydrogens is 230 g/mol. The lowest BCUT2D eigenvalue weighted by Gasteiger charge is -2.26. The molecule has 2 rings (SSSR count). The van der Waals surface area contributed by atoms with Crippen LogP contribution < -0.4 is 4.74 Å². The van der Waals surface area contributed by atoms with Crippen LogP contribution in [0.15, 0.2) is 24.3 Å². The monoisotopic (exact) mass is 251 g/mol. The summed E-state index contributed by atoms with van der Waals surface area (Å²) in [6, 6.07) is 7.60. The molecule has 100 valence electrons. The highest BCUT2D eigenvalue weighted by molar-refractivity contribution is 5.28. The predicted molar refractivity (Wildman–Crippen MR) is 69.8 cm³/mol. The van der Waals surface area contributed by atoms with Gasteiger partial charge in [-0.1, -0.05) is 12.1 Å². The summed E-state index contributed by atoms with van der Waals surface area (Å²) in [5, 5.41) is 9.40. The number of nitrogens with zero attached hydrogens (tertiary/aromatic N) is 1. The summed E-state index contributed by atoms with van der Waals surface area (Å²) >= 11 is 0. The minimum Gasteiger partial charge on any atom is -0.492 e. The summed E-state index contributed by atoms with van der Waals surface area (Å²) in [6.07, 6.45) is -0.424. The summed E-state index contributed by atoms with van der Waals surface area (Å²) < 4.78 is 11.0. The normalized spacial score (nSPS) is 18.6. The van der Waals surface area contributed by atoms with Gasteiger partial charge in [-0.15, -0.1) is 0 Å². The van der Waals surface area contributed by atoms with E-state index >= 15 is 0 Å². The zero-order valence-electron chi connectivity index (χ0n) is 10.8. The number of benzene rings is 1. The molecule has 1 aliphatic rings. The molecule has 1 saturated heterocycles. The van der Waals surface area contributed by atoms with Crippen molar-refractivity contribution in [1.29, 1.82) is 0 Å². The van der Waals surface area contributed by atoms with Gasteiger partial charge in [0.2, 0.25) is 0 Å². The fourth-order valence-corrected chi connectivity index (χ4v) is 1.96. The Morgan fingerprint density at radius 2 is 1.94 bits per heavy atom. The van der Waals surface area contributed by atoms with Crippen molar-refractivity contribution in [3.05, 3.63) is 29.8 Å². The second kappa shape index (κ2) is 6.73. The van der Waals surface area contributed by atoms with Crippen molar-refractivity contribution in [3.63, 3.8) is 0 Å². The Morgan fingerprint density at radius 1 is 1.28 bits per heavy atom. The highest BCUT2D eigenvalue weighted by Gasteiger charge is 2.09. The van der Waals surface area contributed by atoms with Gasteiger partial charge in [-0.05, 0) is 24.6 Å². The van der Waals surface area contributed by atoms with E-state index in [4.69, 9.17) is 9.47 Å². The number of aliphatic hydroxyl groups excluding tert-OH is 1. The number of hydrogen-bond donors (Lipinski definition) is 1. The Kier molecular flexibility index (Phi) is 4.99. The van der Waals surface area contributed by atoms with Gasteiger partial charge in [-0.2, -0.15) is 0 Å². The van der Waals surface area contributed by atoms with Gasteiger partial charge in [0.15, 0.2) is 0 Å². The number of ether oxygens (including phenoxy) is 2. The van der Waals surface area contributed by atoms with Crippen LogP contribution in [0.3, 0.4) is 0 Å². The lowest BCUT2D eigenvalue weighted by Crippen LogP contribution is -2.38. The molecule has 0 aromatic heterocycles. The Morgan fingerprint density at radius 3 is 2.56 bits per heavy atom. The van der Waals surface area contributed by atoms with Crippen LogP contribution in [0.4, 0.5) is 0 Å².